The second-order valence-corrected chi connectivity index (χ2v) is 5.98. The molecule has 0 spiro atoms. The summed E-state index contributed by atoms with van der Waals surface area (Å²) in [6.45, 7) is 7.54. The van der Waals surface area contributed by atoms with E-state index in [4.69, 9.17) is 5.73 Å². The van der Waals surface area contributed by atoms with Gasteiger partial charge in [-0.25, -0.2) is 5.01 Å². The van der Waals surface area contributed by atoms with E-state index in [2.05, 4.69) is 17.4 Å². The normalized spacial score (nSPS) is 17.9. The Bertz CT molecular complexity index is 461. The summed E-state index contributed by atoms with van der Waals surface area (Å²) in [7, 11) is 2.09. The van der Waals surface area contributed by atoms with E-state index in [0.717, 1.165) is 31.7 Å². The van der Waals surface area contributed by atoms with Gasteiger partial charge in [-0.15, -0.1) is 0 Å². The molecule has 1 aromatic rings. The zero-order chi connectivity index (χ0) is 14.8. The molecule has 0 saturated carbocycles. The number of carbonyl (C=O) groups excluding carboxylic acids is 1. The van der Waals surface area contributed by atoms with Gasteiger partial charge >= 0.3 is 0 Å². The number of hydrogen-bond donors (Lipinski definition) is 2. The van der Waals surface area contributed by atoms with Gasteiger partial charge < -0.3 is 10.6 Å². The molecule has 1 aromatic carbocycles. The average molecular weight is 276 g/mol. The zero-order valence-electron chi connectivity index (χ0n) is 12.5. The second-order valence-electron chi connectivity index (χ2n) is 5.98. The van der Waals surface area contributed by atoms with Gasteiger partial charge in [0.2, 0.25) is 5.91 Å². The number of hydrogen-bond acceptors (Lipinski definition) is 4. The van der Waals surface area contributed by atoms with Crippen molar-refractivity contribution in [3.05, 3.63) is 29.8 Å². The fourth-order valence-electron chi connectivity index (χ4n) is 2.23. The minimum Gasteiger partial charge on any atom is -0.399 e. The first-order valence-corrected chi connectivity index (χ1v) is 7.00. The fraction of sp³-hybridized carbons (Fsp3) is 0.533. The van der Waals surface area contributed by atoms with Crippen molar-refractivity contribution in [1.82, 2.24) is 15.3 Å². The number of anilines is 1. The lowest BCUT2D eigenvalue weighted by atomic mass is 9.84. The summed E-state index contributed by atoms with van der Waals surface area (Å²) in [6, 6.07) is 7.50. The van der Waals surface area contributed by atoms with Crippen LogP contribution in [0.3, 0.4) is 0 Å². The largest absolute Gasteiger partial charge is 0.399 e. The molecule has 2 rings (SSSR count). The Kier molecular flexibility index (Phi) is 4.30. The molecule has 5 heteroatoms. The van der Waals surface area contributed by atoms with Gasteiger partial charge in [0.15, 0.2) is 0 Å². The molecule has 1 aliphatic rings. The SMILES string of the molecule is CN1CCN(NC(=O)C(C)(C)c2ccc(N)cc2)CC1. The maximum Gasteiger partial charge on any atom is 0.244 e. The Balaban J connectivity index is 2.01. The van der Waals surface area contributed by atoms with Crippen molar-refractivity contribution in [2.24, 2.45) is 0 Å². The molecular formula is C15H24N4O. The van der Waals surface area contributed by atoms with E-state index >= 15 is 0 Å². The topological polar surface area (TPSA) is 61.6 Å². The van der Waals surface area contributed by atoms with Gasteiger partial charge in [0.25, 0.3) is 0 Å². The number of likely N-dealkylation sites (N-methyl/N-ethyl adjacent to an activating group) is 1. The summed E-state index contributed by atoms with van der Waals surface area (Å²) in [5, 5.41) is 2.00. The maximum absolute atomic E-state index is 12.5. The van der Waals surface area contributed by atoms with Crippen molar-refractivity contribution in [3.63, 3.8) is 0 Å². The number of benzene rings is 1. The molecule has 1 aliphatic heterocycles. The molecule has 0 bridgehead atoms. The van der Waals surface area contributed by atoms with Crippen molar-refractivity contribution >= 4 is 11.6 Å². The van der Waals surface area contributed by atoms with Gasteiger partial charge in [0, 0.05) is 31.9 Å². The lowest BCUT2D eigenvalue weighted by Crippen LogP contribution is -2.55. The van der Waals surface area contributed by atoms with Gasteiger partial charge in [-0.3, -0.25) is 10.2 Å². The summed E-state index contributed by atoms with van der Waals surface area (Å²) in [5.41, 5.74) is 9.83. The zero-order valence-corrected chi connectivity index (χ0v) is 12.5. The fourth-order valence-corrected chi connectivity index (χ4v) is 2.23. The van der Waals surface area contributed by atoms with E-state index in [1.807, 2.05) is 43.1 Å². The summed E-state index contributed by atoms with van der Waals surface area (Å²) in [6.07, 6.45) is 0. The second kappa shape index (κ2) is 5.81. The number of amides is 1. The standard InChI is InChI=1S/C15H24N4O/c1-15(2,12-4-6-13(16)7-5-12)14(20)17-19-10-8-18(3)9-11-19/h4-7H,8-11,16H2,1-3H3,(H,17,20). The highest BCUT2D eigenvalue weighted by Crippen LogP contribution is 2.24. The molecule has 0 aromatic heterocycles. The summed E-state index contributed by atoms with van der Waals surface area (Å²) < 4.78 is 0. The molecule has 0 radical (unpaired) electrons. The number of nitrogens with one attached hydrogen (secondary N) is 1. The van der Waals surface area contributed by atoms with Gasteiger partial charge in [0.1, 0.15) is 0 Å². The predicted octanol–water partition coefficient (Wildman–Crippen LogP) is 0.825. The van der Waals surface area contributed by atoms with Gasteiger partial charge in [0.05, 0.1) is 5.41 Å². The van der Waals surface area contributed by atoms with Crippen molar-refractivity contribution in [2.75, 3.05) is 39.0 Å². The molecule has 1 amide bonds. The lowest BCUT2D eigenvalue weighted by Gasteiger charge is -2.35. The van der Waals surface area contributed by atoms with Gasteiger partial charge in [-0.05, 0) is 38.6 Å². The number of carbonyl (C=O) groups is 1. The van der Waals surface area contributed by atoms with E-state index in [1.165, 1.54) is 0 Å². The highest BCUT2D eigenvalue weighted by atomic mass is 16.2. The third-order valence-electron chi connectivity index (χ3n) is 3.96. The van der Waals surface area contributed by atoms with Crippen molar-refractivity contribution < 1.29 is 4.79 Å². The monoisotopic (exact) mass is 276 g/mol. The number of nitrogens with zero attached hydrogens (tertiary/aromatic N) is 2. The molecule has 1 saturated heterocycles. The first-order chi connectivity index (χ1) is 9.39. The van der Waals surface area contributed by atoms with Crippen LogP contribution in [0.5, 0.6) is 0 Å². The van der Waals surface area contributed by atoms with Crippen LogP contribution in [0.15, 0.2) is 24.3 Å². The van der Waals surface area contributed by atoms with Crippen LogP contribution in [-0.4, -0.2) is 49.0 Å². The molecule has 0 aliphatic carbocycles. The molecule has 5 nitrogen and oxygen atoms in total. The van der Waals surface area contributed by atoms with Gasteiger partial charge in [-0.1, -0.05) is 12.1 Å². The van der Waals surface area contributed by atoms with Crippen molar-refractivity contribution in [2.45, 2.75) is 19.3 Å². The molecule has 110 valence electrons. The Morgan fingerprint density at radius 3 is 2.25 bits per heavy atom. The Labute approximate surface area is 120 Å². The molecule has 0 atom stereocenters. The van der Waals surface area contributed by atoms with Crippen LogP contribution in [0.4, 0.5) is 5.69 Å². The smallest absolute Gasteiger partial charge is 0.244 e. The number of piperazine rings is 1. The molecule has 20 heavy (non-hydrogen) atoms. The Hall–Kier alpha value is -1.59. The molecular weight excluding hydrogens is 252 g/mol. The number of hydrazine groups is 1. The third-order valence-corrected chi connectivity index (χ3v) is 3.96. The minimum atomic E-state index is -0.572. The first kappa shape index (κ1) is 14.8. The van der Waals surface area contributed by atoms with E-state index in [1.54, 1.807) is 0 Å². The first-order valence-electron chi connectivity index (χ1n) is 7.00. The van der Waals surface area contributed by atoms with Crippen molar-refractivity contribution in [3.8, 4) is 0 Å². The lowest BCUT2D eigenvalue weighted by molar-refractivity contribution is -0.131. The Morgan fingerprint density at radius 1 is 1.15 bits per heavy atom. The van der Waals surface area contributed by atoms with E-state index in [9.17, 15) is 4.79 Å². The number of nitrogens with two attached hydrogens (primary N) is 1. The minimum absolute atomic E-state index is 0.0202. The van der Waals surface area contributed by atoms with Crippen LogP contribution in [0.1, 0.15) is 19.4 Å². The highest BCUT2D eigenvalue weighted by molar-refractivity contribution is 5.87. The van der Waals surface area contributed by atoms with Crippen molar-refractivity contribution in [1.29, 1.82) is 0 Å². The summed E-state index contributed by atoms with van der Waals surface area (Å²) >= 11 is 0. The Morgan fingerprint density at radius 2 is 1.70 bits per heavy atom. The maximum atomic E-state index is 12.5. The molecule has 1 fully saturated rings. The number of rotatable bonds is 3. The molecule has 3 N–H and O–H groups in total. The molecule has 0 unspecified atom stereocenters. The quantitative estimate of drug-likeness (QED) is 0.803. The van der Waals surface area contributed by atoms with Crippen LogP contribution >= 0.6 is 0 Å². The van der Waals surface area contributed by atoms with Gasteiger partial charge in [-0.2, -0.15) is 0 Å². The molecule has 1 heterocycles. The van der Waals surface area contributed by atoms with Crippen LogP contribution < -0.4 is 11.2 Å². The van der Waals surface area contributed by atoms with Crippen LogP contribution in [-0.2, 0) is 10.2 Å². The third kappa shape index (κ3) is 3.29. The van der Waals surface area contributed by atoms with E-state index in [0.29, 0.717) is 5.69 Å². The van der Waals surface area contributed by atoms with E-state index < -0.39 is 5.41 Å². The average Bonchev–Trinajstić information content (AvgIpc) is 2.42. The van der Waals surface area contributed by atoms with Crippen LogP contribution in [0.25, 0.3) is 0 Å². The number of nitrogen functional groups attached to an aromatic ring is 1. The van der Waals surface area contributed by atoms with Crippen LogP contribution in [0.2, 0.25) is 0 Å². The van der Waals surface area contributed by atoms with E-state index in [-0.39, 0.29) is 5.91 Å². The predicted molar refractivity (Wildman–Crippen MR) is 81.1 cm³/mol. The summed E-state index contributed by atoms with van der Waals surface area (Å²) in [5.74, 6) is 0.0202. The summed E-state index contributed by atoms with van der Waals surface area (Å²) in [4.78, 5) is 14.8. The highest BCUT2D eigenvalue weighted by Gasteiger charge is 2.31. The van der Waals surface area contributed by atoms with Crippen LogP contribution in [0, 0.1) is 0 Å².